The molecule has 0 aliphatic carbocycles. The number of halogens is 4. The maximum Gasteiger partial charge on any atom is 0.419 e. The van der Waals surface area contributed by atoms with Gasteiger partial charge in [-0.05, 0) is 23.8 Å². The van der Waals surface area contributed by atoms with Gasteiger partial charge in [-0.25, -0.2) is 9.18 Å². The minimum absolute atomic E-state index is 0.0382. The molecular weight excluding hydrogens is 396 g/mol. The van der Waals surface area contributed by atoms with E-state index in [-0.39, 0.29) is 16.7 Å². The van der Waals surface area contributed by atoms with Crippen molar-refractivity contribution in [3.8, 4) is 0 Å². The molecule has 5 nitrogen and oxygen atoms in total. The number of nitrogens with zero attached hydrogens (tertiary/aromatic N) is 2. The molecule has 2 aromatic carbocycles. The lowest BCUT2D eigenvalue weighted by Gasteiger charge is -2.11. The van der Waals surface area contributed by atoms with Crippen LogP contribution >= 0.6 is 11.3 Å². The second kappa shape index (κ2) is 7.93. The summed E-state index contributed by atoms with van der Waals surface area (Å²) in [7, 11) is 0. The van der Waals surface area contributed by atoms with E-state index in [0.717, 1.165) is 23.0 Å². The molecule has 1 unspecified atom stereocenters. The molecule has 28 heavy (non-hydrogen) atoms. The number of hydrogen-bond donors (Lipinski definition) is 2. The number of alkyl halides is 3. The van der Waals surface area contributed by atoms with Gasteiger partial charge in [0.1, 0.15) is 10.8 Å². The number of anilines is 2. The summed E-state index contributed by atoms with van der Waals surface area (Å²) in [6.45, 7) is 1.94. The van der Waals surface area contributed by atoms with Crippen molar-refractivity contribution in [2.45, 2.75) is 19.0 Å². The molecule has 0 bridgehead atoms. The first-order valence-corrected chi connectivity index (χ1v) is 8.89. The van der Waals surface area contributed by atoms with E-state index in [0.29, 0.717) is 17.1 Å². The third kappa shape index (κ3) is 4.63. The molecule has 1 aromatic heterocycles. The third-order valence-electron chi connectivity index (χ3n) is 3.86. The van der Waals surface area contributed by atoms with Crippen molar-refractivity contribution < 1.29 is 22.4 Å². The fraction of sp³-hybridized carbons (Fsp3) is 0.167. The highest BCUT2D eigenvalue weighted by molar-refractivity contribution is 7.15. The Kier molecular flexibility index (Phi) is 5.59. The highest BCUT2D eigenvalue weighted by Crippen LogP contribution is 2.33. The Morgan fingerprint density at radius 2 is 1.79 bits per heavy atom. The van der Waals surface area contributed by atoms with E-state index < -0.39 is 23.6 Å². The number of nitrogens with one attached hydrogen (secondary N) is 2. The summed E-state index contributed by atoms with van der Waals surface area (Å²) < 4.78 is 51.5. The van der Waals surface area contributed by atoms with E-state index in [1.54, 1.807) is 0 Å². The lowest BCUT2D eigenvalue weighted by Crippen LogP contribution is -2.20. The molecule has 146 valence electrons. The van der Waals surface area contributed by atoms with Crippen LogP contribution in [0.5, 0.6) is 0 Å². The molecule has 1 heterocycles. The molecule has 0 spiro atoms. The van der Waals surface area contributed by atoms with E-state index >= 15 is 0 Å². The molecule has 3 rings (SSSR count). The van der Waals surface area contributed by atoms with Gasteiger partial charge in [0, 0.05) is 11.6 Å². The Balaban J connectivity index is 1.67. The van der Waals surface area contributed by atoms with Gasteiger partial charge in [-0.1, -0.05) is 48.6 Å². The smallest absolute Gasteiger partial charge is 0.308 e. The van der Waals surface area contributed by atoms with Gasteiger partial charge in [-0.15, -0.1) is 10.2 Å². The van der Waals surface area contributed by atoms with Crippen molar-refractivity contribution in [2.24, 2.45) is 0 Å². The monoisotopic (exact) mass is 410 g/mol. The fourth-order valence-electron chi connectivity index (χ4n) is 2.42. The SMILES string of the molecule is CC(c1ccccc1)c1nnc(NC(=O)Nc2ccc(F)c(C(F)(F)F)c2)s1. The highest BCUT2D eigenvalue weighted by atomic mass is 32.1. The quantitative estimate of drug-likeness (QED) is 0.559. The number of benzene rings is 2. The molecule has 0 aliphatic heterocycles. The Hall–Kier alpha value is -3.01. The first-order chi connectivity index (χ1) is 13.2. The third-order valence-corrected chi connectivity index (χ3v) is 4.88. The number of amides is 2. The van der Waals surface area contributed by atoms with Crippen LogP contribution in [-0.2, 0) is 6.18 Å². The Bertz CT molecular complexity index is 975. The highest BCUT2D eigenvalue weighted by Gasteiger charge is 2.34. The number of carbonyl (C=O) groups excluding carboxylic acids is 1. The molecule has 2 amide bonds. The summed E-state index contributed by atoms with van der Waals surface area (Å²) in [5, 5.41) is 13.4. The first-order valence-electron chi connectivity index (χ1n) is 8.07. The average molecular weight is 410 g/mol. The van der Waals surface area contributed by atoms with Crippen molar-refractivity contribution in [1.29, 1.82) is 0 Å². The fourth-order valence-corrected chi connectivity index (χ4v) is 3.24. The first kappa shape index (κ1) is 19.7. The molecule has 0 saturated heterocycles. The van der Waals surface area contributed by atoms with Crippen LogP contribution in [0, 0.1) is 5.82 Å². The summed E-state index contributed by atoms with van der Waals surface area (Å²) in [5.74, 6) is -1.45. The van der Waals surface area contributed by atoms with Gasteiger partial charge in [0.05, 0.1) is 5.56 Å². The number of rotatable bonds is 4. The number of aromatic nitrogens is 2. The van der Waals surface area contributed by atoms with Crippen molar-refractivity contribution >= 4 is 28.2 Å². The molecule has 3 aromatic rings. The summed E-state index contributed by atoms with van der Waals surface area (Å²) in [6, 6.07) is 11.0. The van der Waals surface area contributed by atoms with Crippen LogP contribution in [0.3, 0.4) is 0 Å². The lowest BCUT2D eigenvalue weighted by atomic mass is 10.0. The van der Waals surface area contributed by atoms with Gasteiger partial charge in [0.25, 0.3) is 0 Å². The van der Waals surface area contributed by atoms with Gasteiger partial charge < -0.3 is 5.32 Å². The summed E-state index contributed by atoms with van der Waals surface area (Å²) in [6.07, 6.45) is -4.86. The molecule has 10 heteroatoms. The molecule has 0 radical (unpaired) electrons. The van der Waals surface area contributed by atoms with E-state index in [4.69, 9.17) is 0 Å². The van der Waals surface area contributed by atoms with Crippen LogP contribution < -0.4 is 10.6 Å². The minimum atomic E-state index is -4.86. The van der Waals surface area contributed by atoms with Crippen molar-refractivity contribution in [2.75, 3.05) is 10.6 Å². The maximum atomic E-state index is 13.3. The van der Waals surface area contributed by atoms with Gasteiger partial charge in [0.15, 0.2) is 0 Å². The number of carbonyl (C=O) groups is 1. The van der Waals surface area contributed by atoms with Gasteiger partial charge >= 0.3 is 12.2 Å². The maximum absolute atomic E-state index is 13.3. The molecule has 1 atom stereocenters. The summed E-state index contributed by atoms with van der Waals surface area (Å²) in [4.78, 5) is 12.0. The Morgan fingerprint density at radius 1 is 1.07 bits per heavy atom. The topological polar surface area (TPSA) is 66.9 Å². The second-order valence-corrected chi connectivity index (χ2v) is 6.86. The zero-order valence-corrected chi connectivity index (χ0v) is 15.2. The number of urea groups is 1. The molecule has 2 N–H and O–H groups in total. The Morgan fingerprint density at radius 3 is 2.46 bits per heavy atom. The standard InChI is InChI=1S/C18H14F4N4OS/c1-10(11-5-3-2-4-6-11)15-25-26-17(28-15)24-16(27)23-12-7-8-14(19)13(9-12)18(20,21)22/h2-10H,1H3,(H2,23,24,26,27). The lowest BCUT2D eigenvalue weighted by molar-refractivity contribution is -0.139. The second-order valence-electron chi connectivity index (χ2n) is 5.85. The average Bonchev–Trinajstić information content (AvgIpc) is 3.10. The van der Waals surface area contributed by atoms with E-state index in [2.05, 4.69) is 20.8 Å². The zero-order valence-electron chi connectivity index (χ0n) is 14.4. The van der Waals surface area contributed by atoms with Crippen LogP contribution in [0.15, 0.2) is 48.5 Å². The van der Waals surface area contributed by atoms with E-state index in [9.17, 15) is 22.4 Å². The molecule has 0 aliphatic rings. The largest absolute Gasteiger partial charge is 0.419 e. The Labute approximate surface area is 161 Å². The van der Waals surface area contributed by atoms with Gasteiger partial charge in [-0.3, -0.25) is 5.32 Å². The summed E-state index contributed by atoms with van der Waals surface area (Å²) >= 11 is 1.15. The summed E-state index contributed by atoms with van der Waals surface area (Å²) in [5.41, 5.74) is -0.630. The van der Waals surface area contributed by atoms with Crippen molar-refractivity contribution in [3.05, 3.63) is 70.5 Å². The number of hydrogen-bond acceptors (Lipinski definition) is 4. The normalized spacial score (nSPS) is 12.5. The molecular formula is C18H14F4N4OS. The predicted octanol–water partition coefficient (Wildman–Crippen LogP) is 5.49. The molecule has 0 saturated carbocycles. The van der Waals surface area contributed by atoms with E-state index in [1.807, 2.05) is 37.3 Å². The minimum Gasteiger partial charge on any atom is -0.308 e. The van der Waals surface area contributed by atoms with Crippen LogP contribution in [0.2, 0.25) is 0 Å². The van der Waals surface area contributed by atoms with Crippen LogP contribution in [0.25, 0.3) is 0 Å². The van der Waals surface area contributed by atoms with E-state index in [1.165, 1.54) is 0 Å². The van der Waals surface area contributed by atoms with Crippen LogP contribution in [0.1, 0.15) is 29.0 Å². The van der Waals surface area contributed by atoms with Crippen LogP contribution in [-0.4, -0.2) is 16.2 Å². The predicted molar refractivity (Wildman–Crippen MR) is 97.9 cm³/mol. The molecule has 0 fully saturated rings. The van der Waals surface area contributed by atoms with Gasteiger partial charge in [-0.2, -0.15) is 13.2 Å². The zero-order chi connectivity index (χ0) is 20.3. The van der Waals surface area contributed by atoms with Crippen molar-refractivity contribution in [1.82, 2.24) is 10.2 Å². The van der Waals surface area contributed by atoms with Crippen molar-refractivity contribution in [3.63, 3.8) is 0 Å². The van der Waals surface area contributed by atoms with Crippen LogP contribution in [0.4, 0.5) is 33.2 Å². The van der Waals surface area contributed by atoms with Gasteiger partial charge in [0.2, 0.25) is 5.13 Å².